The van der Waals surface area contributed by atoms with Gasteiger partial charge in [0.15, 0.2) is 11.5 Å². The second kappa shape index (κ2) is 5.95. The van der Waals surface area contributed by atoms with Crippen LogP contribution in [0.1, 0.15) is 19.9 Å². The van der Waals surface area contributed by atoms with Crippen molar-refractivity contribution in [1.82, 2.24) is 9.55 Å². The van der Waals surface area contributed by atoms with Crippen LogP contribution >= 0.6 is 0 Å². The van der Waals surface area contributed by atoms with Crippen molar-refractivity contribution < 1.29 is 14.2 Å². The molecule has 0 saturated carbocycles. The number of hydrogen-bond donors (Lipinski definition) is 1. The molecule has 0 aliphatic heterocycles. The molecule has 0 bridgehead atoms. The van der Waals surface area contributed by atoms with Crippen molar-refractivity contribution in [3.8, 4) is 28.5 Å². The second-order valence-corrected chi connectivity index (χ2v) is 4.89. The number of rotatable bonds is 5. The maximum absolute atomic E-state index is 6.19. The maximum Gasteiger partial charge on any atom is 0.164 e. The first-order valence-corrected chi connectivity index (χ1v) is 6.66. The summed E-state index contributed by atoms with van der Waals surface area (Å²) in [4.78, 5) is 4.41. The summed E-state index contributed by atoms with van der Waals surface area (Å²) in [6, 6.07) is 3.82. The molecule has 114 valence electrons. The summed E-state index contributed by atoms with van der Waals surface area (Å²) >= 11 is 0. The molecule has 0 saturated heterocycles. The Kier molecular flexibility index (Phi) is 4.26. The number of aromatic nitrogens is 2. The molecule has 0 aliphatic rings. The molecule has 0 unspecified atom stereocenters. The van der Waals surface area contributed by atoms with Crippen molar-refractivity contribution in [3.05, 3.63) is 18.5 Å². The van der Waals surface area contributed by atoms with Crippen LogP contribution in [-0.2, 0) is 0 Å². The Labute approximate surface area is 124 Å². The maximum atomic E-state index is 6.19. The minimum absolute atomic E-state index is 0.234. The molecule has 2 N–H and O–H groups in total. The molecule has 0 atom stereocenters. The Morgan fingerprint density at radius 1 is 1.00 bits per heavy atom. The third kappa shape index (κ3) is 2.61. The largest absolute Gasteiger partial charge is 0.496 e. The summed E-state index contributed by atoms with van der Waals surface area (Å²) in [7, 11) is 4.77. The Balaban J connectivity index is 2.62. The lowest BCUT2D eigenvalue weighted by molar-refractivity contribution is 0.349. The molecule has 1 aromatic carbocycles. The zero-order valence-electron chi connectivity index (χ0n) is 13.0. The molecule has 0 aliphatic carbocycles. The van der Waals surface area contributed by atoms with Gasteiger partial charge >= 0.3 is 0 Å². The first-order valence-electron chi connectivity index (χ1n) is 6.66. The SMILES string of the molecule is COc1cc(OC)c(-c2ncn(C(C)C)c2N)cc1OC. The van der Waals surface area contributed by atoms with Gasteiger partial charge in [-0.25, -0.2) is 4.98 Å². The van der Waals surface area contributed by atoms with E-state index in [0.29, 0.717) is 28.8 Å². The predicted octanol–water partition coefficient (Wildman–Crippen LogP) is 2.74. The topological polar surface area (TPSA) is 71.5 Å². The summed E-state index contributed by atoms with van der Waals surface area (Å²) in [5.74, 6) is 2.43. The van der Waals surface area contributed by atoms with E-state index >= 15 is 0 Å². The summed E-state index contributed by atoms with van der Waals surface area (Å²) in [5, 5.41) is 0. The Morgan fingerprint density at radius 3 is 2.05 bits per heavy atom. The Morgan fingerprint density at radius 2 is 1.57 bits per heavy atom. The van der Waals surface area contributed by atoms with Crippen molar-refractivity contribution in [2.75, 3.05) is 27.1 Å². The lowest BCUT2D eigenvalue weighted by atomic mass is 10.1. The molecular formula is C15H21N3O3. The van der Waals surface area contributed by atoms with Crippen molar-refractivity contribution in [2.24, 2.45) is 0 Å². The van der Waals surface area contributed by atoms with Gasteiger partial charge in [0, 0.05) is 17.7 Å². The minimum Gasteiger partial charge on any atom is -0.496 e. The zero-order valence-corrected chi connectivity index (χ0v) is 13.0. The van der Waals surface area contributed by atoms with Gasteiger partial charge in [-0.1, -0.05) is 0 Å². The van der Waals surface area contributed by atoms with Gasteiger partial charge in [-0.3, -0.25) is 0 Å². The standard InChI is InChI=1S/C15H21N3O3/c1-9(2)18-8-17-14(15(18)16)10-6-12(20-4)13(21-5)7-11(10)19-3/h6-9H,16H2,1-5H3. The number of methoxy groups -OCH3 is 3. The molecule has 1 heterocycles. The van der Waals surface area contributed by atoms with Crippen LogP contribution in [0.25, 0.3) is 11.3 Å². The molecule has 21 heavy (non-hydrogen) atoms. The summed E-state index contributed by atoms with van der Waals surface area (Å²) in [5.41, 5.74) is 7.63. The summed E-state index contributed by atoms with van der Waals surface area (Å²) in [6.07, 6.45) is 1.73. The van der Waals surface area contributed by atoms with E-state index in [1.165, 1.54) is 0 Å². The molecule has 6 heteroatoms. The highest BCUT2D eigenvalue weighted by Crippen LogP contribution is 2.41. The third-order valence-corrected chi connectivity index (χ3v) is 3.35. The fourth-order valence-corrected chi connectivity index (χ4v) is 2.20. The number of nitrogens with zero attached hydrogens (tertiary/aromatic N) is 2. The molecule has 2 rings (SSSR count). The average molecular weight is 291 g/mol. The zero-order chi connectivity index (χ0) is 15.6. The van der Waals surface area contributed by atoms with Crippen LogP contribution in [0.2, 0.25) is 0 Å². The molecule has 0 fully saturated rings. The van der Waals surface area contributed by atoms with Crippen LogP contribution in [0.5, 0.6) is 17.2 Å². The van der Waals surface area contributed by atoms with Gasteiger partial charge in [0.25, 0.3) is 0 Å². The van der Waals surface area contributed by atoms with E-state index < -0.39 is 0 Å². The number of anilines is 1. The lowest BCUT2D eigenvalue weighted by Crippen LogP contribution is -2.04. The van der Waals surface area contributed by atoms with Gasteiger partial charge in [0.2, 0.25) is 0 Å². The van der Waals surface area contributed by atoms with Crippen molar-refractivity contribution >= 4 is 5.82 Å². The minimum atomic E-state index is 0.234. The molecule has 2 aromatic rings. The highest BCUT2D eigenvalue weighted by molar-refractivity contribution is 5.78. The van der Waals surface area contributed by atoms with Gasteiger partial charge in [-0.2, -0.15) is 0 Å². The Hall–Kier alpha value is -2.37. The highest BCUT2D eigenvalue weighted by Gasteiger charge is 2.19. The van der Waals surface area contributed by atoms with Crippen LogP contribution in [0.3, 0.4) is 0 Å². The first kappa shape index (κ1) is 15.0. The molecule has 0 spiro atoms. The number of ether oxygens (including phenoxy) is 3. The monoisotopic (exact) mass is 291 g/mol. The summed E-state index contributed by atoms with van der Waals surface area (Å²) < 4.78 is 18.0. The fourth-order valence-electron chi connectivity index (χ4n) is 2.20. The Bertz CT molecular complexity index is 635. The summed E-state index contributed by atoms with van der Waals surface area (Å²) in [6.45, 7) is 4.10. The third-order valence-electron chi connectivity index (χ3n) is 3.35. The lowest BCUT2D eigenvalue weighted by Gasteiger charge is -2.14. The molecule has 1 aromatic heterocycles. The molecule has 6 nitrogen and oxygen atoms in total. The van der Waals surface area contributed by atoms with Gasteiger partial charge in [0.05, 0.1) is 27.7 Å². The van der Waals surface area contributed by atoms with Crippen molar-refractivity contribution in [3.63, 3.8) is 0 Å². The molecular weight excluding hydrogens is 270 g/mol. The second-order valence-electron chi connectivity index (χ2n) is 4.89. The highest BCUT2D eigenvalue weighted by atomic mass is 16.5. The average Bonchev–Trinajstić information content (AvgIpc) is 2.87. The molecule has 0 amide bonds. The van der Waals surface area contributed by atoms with E-state index in [9.17, 15) is 0 Å². The van der Waals surface area contributed by atoms with Gasteiger partial charge in [0.1, 0.15) is 17.3 Å². The van der Waals surface area contributed by atoms with Crippen LogP contribution < -0.4 is 19.9 Å². The van der Waals surface area contributed by atoms with Crippen LogP contribution in [0.15, 0.2) is 18.5 Å². The van der Waals surface area contributed by atoms with E-state index in [2.05, 4.69) is 4.98 Å². The number of nitrogen functional groups attached to an aromatic ring is 1. The van der Waals surface area contributed by atoms with E-state index in [1.807, 2.05) is 24.5 Å². The number of nitrogens with two attached hydrogens (primary N) is 1. The first-order chi connectivity index (χ1) is 10.0. The number of hydrogen-bond acceptors (Lipinski definition) is 5. The van der Waals surface area contributed by atoms with Crippen LogP contribution in [0.4, 0.5) is 5.82 Å². The van der Waals surface area contributed by atoms with Crippen LogP contribution in [-0.4, -0.2) is 30.9 Å². The van der Waals surface area contributed by atoms with E-state index in [4.69, 9.17) is 19.9 Å². The van der Waals surface area contributed by atoms with Gasteiger partial charge in [-0.15, -0.1) is 0 Å². The number of imidazole rings is 1. The van der Waals surface area contributed by atoms with Gasteiger partial charge < -0.3 is 24.5 Å². The van der Waals surface area contributed by atoms with E-state index in [0.717, 1.165) is 5.56 Å². The number of benzene rings is 1. The van der Waals surface area contributed by atoms with Crippen molar-refractivity contribution in [1.29, 1.82) is 0 Å². The quantitative estimate of drug-likeness (QED) is 0.917. The van der Waals surface area contributed by atoms with Crippen molar-refractivity contribution in [2.45, 2.75) is 19.9 Å². The van der Waals surface area contributed by atoms with E-state index in [1.54, 1.807) is 33.7 Å². The smallest absolute Gasteiger partial charge is 0.164 e. The fraction of sp³-hybridized carbons (Fsp3) is 0.400. The van der Waals surface area contributed by atoms with E-state index in [-0.39, 0.29) is 6.04 Å². The predicted molar refractivity (Wildman–Crippen MR) is 82.1 cm³/mol. The molecule has 0 radical (unpaired) electrons. The van der Waals surface area contributed by atoms with Gasteiger partial charge in [-0.05, 0) is 19.9 Å². The van der Waals surface area contributed by atoms with Crippen LogP contribution in [0, 0.1) is 0 Å². The normalized spacial score (nSPS) is 10.8.